The van der Waals surface area contributed by atoms with Crippen molar-refractivity contribution in [2.75, 3.05) is 44.8 Å². The third kappa shape index (κ3) is 6.05. The molecular formula is C14H21ClN4OS. The number of nitrogens with zero attached hydrogens (tertiary/aromatic N) is 1. The van der Waals surface area contributed by atoms with Gasteiger partial charge in [-0.15, -0.1) is 0 Å². The molecule has 0 atom stereocenters. The number of hydrogen-bond acceptors (Lipinski definition) is 4. The normalized spacial score (nSPS) is 15.5. The first-order valence-corrected chi connectivity index (χ1v) is 7.89. The molecule has 0 spiro atoms. The van der Waals surface area contributed by atoms with Crippen LogP contribution in [0, 0.1) is 0 Å². The molecule has 0 aromatic heterocycles. The Morgan fingerprint density at radius 3 is 2.81 bits per heavy atom. The number of hydrazine groups is 1. The van der Waals surface area contributed by atoms with Gasteiger partial charge in [0, 0.05) is 19.6 Å². The zero-order valence-electron chi connectivity index (χ0n) is 11.9. The molecule has 2 rings (SSSR count). The van der Waals surface area contributed by atoms with Crippen LogP contribution >= 0.6 is 23.8 Å². The molecule has 0 bridgehead atoms. The monoisotopic (exact) mass is 328 g/mol. The lowest BCUT2D eigenvalue weighted by atomic mass is 10.3. The second kappa shape index (κ2) is 9.04. The van der Waals surface area contributed by atoms with Gasteiger partial charge in [0.15, 0.2) is 5.11 Å². The summed E-state index contributed by atoms with van der Waals surface area (Å²) in [6.45, 7) is 5.64. The summed E-state index contributed by atoms with van der Waals surface area (Å²) >= 11 is 11.2. The number of benzene rings is 1. The first-order valence-electron chi connectivity index (χ1n) is 7.10. The third-order valence-electron chi connectivity index (χ3n) is 3.22. The molecule has 0 unspecified atom stereocenters. The first-order chi connectivity index (χ1) is 10.3. The Morgan fingerprint density at radius 2 is 2.05 bits per heavy atom. The number of para-hydroxylation sites is 1. The number of halogens is 1. The van der Waals surface area contributed by atoms with Crippen LogP contribution in [-0.4, -0.2) is 49.4 Å². The summed E-state index contributed by atoms with van der Waals surface area (Å²) < 4.78 is 5.32. The summed E-state index contributed by atoms with van der Waals surface area (Å²) in [7, 11) is 0. The molecule has 1 heterocycles. The highest BCUT2D eigenvalue weighted by Gasteiger charge is 2.09. The summed E-state index contributed by atoms with van der Waals surface area (Å²) in [6.07, 6.45) is 1.05. The number of anilines is 1. The topological polar surface area (TPSA) is 48.6 Å². The number of thiocarbonyl (C=S) groups is 1. The van der Waals surface area contributed by atoms with Gasteiger partial charge in [-0.05, 0) is 37.3 Å². The van der Waals surface area contributed by atoms with E-state index in [1.165, 1.54) is 0 Å². The van der Waals surface area contributed by atoms with Crippen LogP contribution in [0.4, 0.5) is 5.69 Å². The van der Waals surface area contributed by atoms with Gasteiger partial charge in [0.1, 0.15) is 0 Å². The second-order valence-corrected chi connectivity index (χ2v) is 5.61. The summed E-state index contributed by atoms with van der Waals surface area (Å²) in [4.78, 5) is 2.41. The van der Waals surface area contributed by atoms with Gasteiger partial charge in [-0.1, -0.05) is 23.7 Å². The molecule has 0 saturated carbocycles. The summed E-state index contributed by atoms with van der Waals surface area (Å²) in [5, 5.41) is 4.39. The molecule has 0 radical (unpaired) electrons. The highest BCUT2D eigenvalue weighted by atomic mass is 35.5. The van der Waals surface area contributed by atoms with E-state index >= 15 is 0 Å². The predicted octanol–water partition coefficient (Wildman–Crippen LogP) is 1.85. The maximum absolute atomic E-state index is 6.04. The average Bonchev–Trinajstić information content (AvgIpc) is 2.52. The zero-order valence-corrected chi connectivity index (χ0v) is 13.5. The Hall–Kier alpha value is -1.08. The number of rotatable bonds is 6. The van der Waals surface area contributed by atoms with Crippen LogP contribution < -0.4 is 16.2 Å². The van der Waals surface area contributed by atoms with E-state index in [1.807, 2.05) is 24.3 Å². The van der Waals surface area contributed by atoms with Crippen molar-refractivity contribution in [1.82, 2.24) is 15.6 Å². The Labute approximate surface area is 136 Å². The fourth-order valence-corrected chi connectivity index (χ4v) is 2.40. The molecule has 1 aliphatic heterocycles. The van der Waals surface area contributed by atoms with Crippen LogP contribution in [-0.2, 0) is 4.74 Å². The molecule has 3 N–H and O–H groups in total. The number of morpholine rings is 1. The Morgan fingerprint density at radius 1 is 1.29 bits per heavy atom. The quantitative estimate of drug-likeness (QED) is 0.421. The van der Waals surface area contributed by atoms with Gasteiger partial charge in [0.25, 0.3) is 0 Å². The third-order valence-corrected chi connectivity index (χ3v) is 3.80. The molecule has 1 fully saturated rings. The molecule has 0 aliphatic carbocycles. The molecule has 5 nitrogen and oxygen atoms in total. The molecular weight excluding hydrogens is 308 g/mol. The highest BCUT2D eigenvalue weighted by molar-refractivity contribution is 7.80. The summed E-state index contributed by atoms with van der Waals surface area (Å²) in [6, 6.07) is 7.51. The Balaban J connectivity index is 1.56. The fraction of sp³-hybridized carbons (Fsp3) is 0.500. The van der Waals surface area contributed by atoms with E-state index in [0.29, 0.717) is 10.1 Å². The van der Waals surface area contributed by atoms with Crippen LogP contribution in [0.5, 0.6) is 0 Å². The molecule has 1 aliphatic rings. The second-order valence-electron chi connectivity index (χ2n) is 4.79. The lowest BCUT2D eigenvalue weighted by molar-refractivity contribution is 0.0376. The summed E-state index contributed by atoms with van der Waals surface area (Å²) in [5.41, 5.74) is 6.72. The minimum absolute atomic E-state index is 0.567. The van der Waals surface area contributed by atoms with Crippen molar-refractivity contribution >= 4 is 34.6 Å². The van der Waals surface area contributed by atoms with Gasteiger partial charge < -0.3 is 10.1 Å². The average molecular weight is 329 g/mol. The van der Waals surface area contributed by atoms with E-state index < -0.39 is 0 Å². The van der Waals surface area contributed by atoms with Crippen molar-refractivity contribution < 1.29 is 4.74 Å². The van der Waals surface area contributed by atoms with Gasteiger partial charge >= 0.3 is 0 Å². The minimum Gasteiger partial charge on any atom is -0.379 e. The van der Waals surface area contributed by atoms with Crippen molar-refractivity contribution in [1.29, 1.82) is 0 Å². The van der Waals surface area contributed by atoms with Crippen molar-refractivity contribution in [3.63, 3.8) is 0 Å². The Kier molecular flexibility index (Phi) is 7.02. The lowest BCUT2D eigenvalue weighted by Gasteiger charge is -2.26. The van der Waals surface area contributed by atoms with E-state index in [1.54, 1.807) is 0 Å². The highest BCUT2D eigenvalue weighted by Crippen LogP contribution is 2.19. The number of hydrogen-bond donors (Lipinski definition) is 3. The van der Waals surface area contributed by atoms with Crippen molar-refractivity contribution in [2.24, 2.45) is 0 Å². The molecule has 1 saturated heterocycles. The standard InChI is InChI=1S/C14H21ClN4OS/c15-12-4-1-2-5-13(12)17-18-14(21)16-6-3-7-19-8-10-20-11-9-19/h1-2,4-5,17H,3,6-11H2,(H2,16,18,21). The van der Waals surface area contributed by atoms with Crippen molar-refractivity contribution in [3.05, 3.63) is 29.3 Å². The Bertz CT molecular complexity index is 454. The van der Waals surface area contributed by atoms with Crippen LogP contribution in [0.1, 0.15) is 6.42 Å². The molecule has 1 aromatic rings. The van der Waals surface area contributed by atoms with Gasteiger partial charge in [0.2, 0.25) is 0 Å². The molecule has 0 amide bonds. The van der Waals surface area contributed by atoms with E-state index in [0.717, 1.165) is 51.5 Å². The number of ether oxygens (including phenoxy) is 1. The summed E-state index contributed by atoms with van der Waals surface area (Å²) in [5.74, 6) is 0. The van der Waals surface area contributed by atoms with E-state index in [4.69, 9.17) is 28.6 Å². The van der Waals surface area contributed by atoms with Gasteiger partial charge in [-0.3, -0.25) is 15.8 Å². The van der Waals surface area contributed by atoms with Gasteiger partial charge in [-0.2, -0.15) is 0 Å². The first kappa shape index (κ1) is 16.3. The zero-order chi connectivity index (χ0) is 14.9. The van der Waals surface area contributed by atoms with Crippen molar-refractivity contribution in [2.45, 2.75) is 6.42 Å². The van der Waals surface area contributed by atoms with E-state index in [9.17, 15) is 0 Å². The smallest absolute Gasteiger partial charge is 0.185 e. The van der Waals surface area contributed by atoms with E-state index in [-0.39, 0.29) is 0 Å². The fourth-order valence-electron chi connectivity index (χ4n) is 2.06. The SMILES string of the molecule is S=C(NCCCN1CCOCC1)NNc1ccccc1Cl. The predicted molar refractivity (Wildman–Crippen MR) is 90.7 cm³/mol. The van der Waals surface area contributed by atoms with Crippen molar-refractivity contribution in [3.8, 4) is 0 Å². The van der Waals surface area contributed by atoms with Gasteiger partial charge in [0.05, 0.1) is 23.9 Å². The van der Waals surface area contributed by atoms with Crippen LogP contribution in [0.3, 0.4) is 0 Å². The van der Waals surface area contributed by atoms with Crippen LogP contribution in [0.25, 0.3) is 0 Å². The maximum atomic E-state index is 6.04. The molecule has 21 heavy (non-hydrogen) atoms. The maximum Gasteiger partial charge on any atom is 0.185 e. The number of nitrogens with one attached hydrogen (secondary N) is 3. The van der Waals surface area contributed by atoms with Gasteiger partial charge in [-0.25, -0.2) is 0 Å². The molecule has 116 valence electrons. The van der Waals surface area contributed by atoms with E-state index in [2.05, 4.69) is 21.1 Å². The van der Waals surface area contributed by atoms with Crippen LogP contribution in [0.15, 0.2) is 24.3 Å². The minimum atomic E-state index is 0.567. The largest absolute Gasteiger partial charge is 0.379 e. The lowest BCUT2D eigenvalue weighted by Crippen LogP contribution is -2.41. The molecule has 7 heteroatoms. The molecule has 1 aromatic carbocycles. The van der Waals surface area contributed by atoms with Crippen LogP contribution in [0.2, 0.25) is 5.02 Å².